The van der Waals surface area contributed by atoms with Gasteiger partial charge in [-0.1, -0.05) is 6.92 Å². The monoisotopic (exact) mass is 404 g/mol. The van der Waals surface area contributed by atoms with Gasteiger partial charge in [0.2, 0.25) is 17.8 Å². The minimum absolute atomic E-state index is 0.0225. The second kappa shape index (κ2) is 8.55. The first-order chi connectivity index (χ1) is 13.9. The molecule has 0 bridgehead atoms. The Balaban J connectivity index is 1.67. The number of hydrogen-bond acceptors (Lipinski definition) is 10. The SMILES string of the molecule is CC1CCCN(c2nc(N3CC(N)CC(N)C3)nc(N3CC(N)CC(N)C3)n2)C1. The molecule has 1 aromatic heterocycles. The Hall–Kier alpha value is -1.75. The number of anilines is 3. The summed E-state index contributed by atoms with van der Waals surface area (Å²) < 4.78 is 0. The summed E-state index contributed by atoms with van der Waals surface area (Å²) in [6.07, 6.45) is 4.03. The highest BCUT2D eigenvalue weighted by atomic mass is 15.4. The molecule has 162 valence electrons. The molecule has 29 heavy (non-hydrogen) atoms. The Morgan fingerprint density at radius 3 is 1.48 bits per heavy atom. The van der Waals surface area contributed by atoms with Gasteiger partial charge in [-0.25, -0.2) is 0 Å². The van der Waals surface area contributed by atoms with Crippen molar-refractivity contribution in [1.82, 2.24) is 15.0 Å². The molecule has 10 nitrogen and oxygen atoms in total. The van der Waals surface area contributed by atoms with Gasteiger partial charge in [-0.05, 0) is 31.6 Å². The summed E-state index contributed by atoms with van der Waals surface area (Å²) in [6.45, 7) is 7.00. The van der Waals surface area contributed by atoms with Gasteiger partial charge in [0.25, 0.3) is 0 Å². The molecule has 4 rings (SSSR count). The molecule has 3 aliphatic rings. The molecule has 0 amide bonds. The Bertz CT molecular complexity index is 635. The van der Waals surface area contributed by atoms with Crippen molar-refractivity contribution in [3.05, 3.63) is 0 Å². The Labute approximate surface area is 173 Å². The highest BCUT2D eigenvalue weighted by Gasteiger charge is 2.30. The maximum absolute atomic E-state index is 6.22. The van der Waals surface area contributed by atoms with Gasteiger partial charge in [0.1, 0.15) is 0 Å². The first kappa shape index (κ1) is 20.5. The van der Waals surface area contributed by atoms with Crippen LogP contribution >= 0.6 is 0 Å². The van der Waals surface area contributed by atoms with Crippen molar-refractivity contribution in [2.24, 2.45) is 28.9 Å². The van der Waals surface area contributed by atoms with Gasteiger partial charge in [-0.2, -0.15) is 15.0 Å². The van der Waals surface area contributed by atoms with E-state index in [0.29, 0.717) is 44.0 Å². The molecule has 0 aliphatic carbocycles. The lowest BCUT2D eigenvalue weighted by molar-refractivity contribution is 0.433. The molecule has 10 heteroatoms. The summed E-state index contributed by atoms with van der Waals surface area (Å²) in [5.41, 5.74) is 24.9. The van der Waals surface area contributed by atoms with E-state index in [2.05, 4.69) is 21.6 Å². The fraction of sp³-hybridized carbons (Fsp3) is 0.842. The third-order valence-electron chi connectivity index (χ3n) is 6.14. The highest BCUT2D eigenvalue weighted by molar-refractivity contribution is 5.48. The van der Waals surface area contributed by atoms with Crippen molar-refractivity contribution in [2.75, 3.05) is 54.0 Å². The van der Waals surface area contributed by atoms with Crippen LogP contribution in [0.2, 0.25) is 0 Å². The van der Waals surface area contributed by atoms with Gasteiger partial charge in [0.05, 0.1) is 0 Å². The smallest absolute Gasteiger partial charge is 0.232 e. The van der Waals surface area contributed by atoms with E-state index in [1.165, 1.54) is 6.42 Å². The van der Waals surface area contributed by atoms with Gasteiger partial charge in [0.15, 0.2) is 0 Å². The van der Waals surface area contributed by atoms with Crippen molar-refractivity contribution in [1.29, 1.82) is 0 Å². The van der Waals surface area contributed by atoms with Crippen molar-refractivity contribution >= 4 is 17.8 Å². The molecule has 1 aromatic rings. The molecule has 8 N–H and O–H groups in total. The van der Waals surface area contributed by atoms with Crippen LogP contribution < -0.4 is 37.6 Å². The molecule has 3 aliphatic heterocycles. The summed E-state index contributed by atoms with van der Waals surface area (Å²) in [6, 6.07) is 0.0898. The predicted octanol–water partition coefficient (Wildman–Crippen LogP) is -1.16. The average molecular weight is 405 g/mol. The first-order valence-corrected chi connectivity index (χ1v) is 10.9. The van der Waals surface area contributed by atoms with Gasteiger partial charge in [-0.3, -0.25) is 0 Å². The number of nitrogens with zero attached hydrogens (tertiary/aromatic N) is 6. The molecule has 3 fully saturated rings. The van der Waals surface area contributed by atoms with Crippen molar-refractivity contribution in [2.45, 2.75) is 56.8 Å². The summed E-state index contributed by atoms with van der Waals surface area (Å²) in [5, 5.41) is 0. The normalized spacial score (nSPS) is 33.8. The lowest BCUT2D eigenvalue weighted by Gasteiger charge is -2.38. The van der Waals surface area contributed by atoms with Crippen molar-refractivity contribution in [3.8, 4) is 0 Å². The molecule has 3 saturated heterocycles. The highest BCUT2D eigenvalue weighted by Crippen LogP contribution is 2.26. The zero-order chi connectivity index (χ0) is 20.5. The summed E-state index contributed by atoms with van der Waals surface area (Å²) in [7, 11) is 0. The second-order valence-electron chi connectivity index (χ2n) is 9.25. The van der Waals surface area contributed by atoms with E-state index in [1.807, 2.05) is 0 Å². The molecule has 0 spiro atoms. The summed E-state index contributed by atoms with van der Waals surface area (Å²) in [5.74, 6) is 2.67. The number of hydrogen-bond donors (Lipinski definition) is 4. The standard InChI is InChI=1S/C19H36N10/c1-12-3-2-4-27(7-12)17-24-18(28-8-13(20)5-14(21)9-28)26-19(25-17)29-10-15(22)6-16(23)11-29/h12-16H,2-11,20-23H2,1H3. The van der Waals surface area contributed by atoms with Crippen LogP contribution in [0.1, 0.15) is 32.6 Å². The average Bonchev–Trinajstić information content (AvgIpc) is 2.66. The Kier molecular flexibility index (Phi) is 6.05. The summed E-state index contributed by atoms with van der Waals surface area (Å²) >= 11 is 0. The lowest BCUT2D eigenvalue weighted by Crippen LogP contribution is -2.54. The third-order valence-corrected chi connectivity index (χ3v) is 6.14. The molecule has 0 aromatic carbocycles. The van der Waals surface area contributed by atoms with Crippen LogP contribution in [0, 0.1) is 5.92 Å². The van der Waals surface area contributed by atoms with Gasteiger partial charge in [-0.15, -0.1) is 0 Å². The fourth-order valence-corrected chi connectivity index (χ4v) is 4.82. The van der Waals surface area contributed by atoms with Gasteiger partial charge in [0, 0.05) is 63.4 Å². The number of nitrogens with two attached hydrogens (primary N) is 4. The van der Waals surface area contributed by atoms with Crippen LogP contribution in [0.4, 0.5) is 17.8 Å². The fourth-order valence-electron chi connectivity index (χ4n) is 4.82. The molecule has 0 radical (unpaired) electrons. The maximum atomic E-state index is 6.22. The number of rotatable bonds is 3. The van der Waals surface area contributed by atoms with E-state index in [-0.39, 0.29) is 24.2 Å². The largest absolute Gasteiger partial charge is 0.340 e. The molecule has 4 heterocycles. The van der Waals surface area contributed by atoms with E-state index in [4.69, 9.17) is 37.9 Å². The van der Waals surface area contributed by atoms with Crippen LogP contribution in [0.5, 0.6) is 0 Å². The van der Waals surface area contributed by atoms with Gasteiger partial charge >= 0.3 is 0 Å². The summed E-state index contributed by atoms with van der Waals surface area (Å²) in [4.78, 5) is 21.0. The van der Waals surface area contributed by atoms with E-state index in [1.54, 1.807) is 0 Å². The van der Waals surface area contributed by atoms with E-state index >= 15 is 0 Å². The molecular formula is C19H36N10. The molecule has 0 saturated carbocycles. The quantitative estimate of drug-likeness (QED) is 0.485. The van der Waals surface area contributed by atoms with Crippen LogP contribution in [-0.2, 0) is 0 Å². The van der Waals surface area contributed by atoms with E-state index < -0.39 is 0 Å². The third kappa shape index (κ3) is 4.88. The minimum Gasteiger partial charge on any atom is -0.340 e. The van der Waals surface area contributed by atoms with Crippen LogP contribution in [0.3, 0.4) is 0 Å². The minimum atomic E-state index is 0.0225. The zero-order valence-electron chi connectivity index (χ0n) is 17.5. The van der Waals surface area contributed by atoms with Crippen LogP contribution in [-0.4, -0.2) is 78.4 Å². The number of piperidine rings is 3. The lowest BCUT2D eigenvalue weighted by atomic mass is 10.0. The first-order valence-electron chi connectivity index (χ1n) is 10.9. The van der Waals surface area contributed by atoms with E-state index in [0.717, 1.165) is 38.3 Å². The maximum Gasteiger partial charge on any atom is 0.232 e. The molecule has 5 atom stereocenters. The number of aromatic nitrogens is 3. The Morgan fingerprint density at radius 1 is 0.655 bits per heavy atom. The van der Waals surface area contributed by atoms with Crippen molar-refractivity contribution in [3.63, 3.8) is 0 Å². The molecule has 5 unspecified atom stereocenters. The van der Waals surface area contributed by atoms with Gasteiger partial charge < -0.3 is 37.6 Å². The topological polar surface area (TPSA) is 152 Å². The van der Waals surface area contributed by atoms with Crippen molar-refractivity contribution < 1.29 is 0 Å². The Morgan fingerprint density at radius 2 is 1.07 bits per heavy atom. The van der Waals surface area contributed by atoms with E-state index in [9.17, 15) is 0 Å². The molecular weight excluding hydrogens is 368 g/mol. The zero-order valence-corrected chi connectivity index (χ0v) is 17.5. The second-order valence-corrected chi connectivity index (χ2v) is 9.25. The van der Waals surface area contributed by atoms with Crippen LogP contribution in [0.25, 0.3) is 0 Å². The predicted molar refractivity (Wildman–Crippen MR) is 116 cm³/mol. The van der Waals surface area contributed by atoms with Crippen LogP contribution in [0.15, 0.2) is 0 Å².